The van der Waals surface area contributed by atoms with Crippen LogP contribution in [0.5, 0.6) is 11.5 Å². The molecule has 8 nitrogen and oxygen atoms in total. The molecule has 2 aromatic carbocycles. The topological polar surface area (TPSA) is 97.3 Å². The summed E-state index contributed by atoms with van der Waals surface area (Å²) in [6.45, 7) is 8.24. The monoisotopic (exact) mass is 457 g/mol. The summed E-state index contributed by atoms with van der Waals surface area (Å²) < 4.78 is 20.7. The number of imidazole rings is 1. The van der Waals surface area contributed by atoms with Crippen LogP contribution in [-0.2, 0) is 4.74 Å². The maximum atomic E-state index is 6.43. The summed E-state index contributed by atoms with van der Waals surface area (Å²) in [5.41, 5.74) is 10.1. The fraction of sp³-hybridized carbons (Fsp3) is 0.269. The van der Waals surface area contributed by atoms with E-state index in [-0.39, 0.29) is 24.4 Å². The number of anilines is 1. The molecule has 1 fully saturated rings. The number of fused-ring (bicyclic) bond motifs is 1. The van der Waals surface area contributed by atoms with Crippen molar-refractivity contribution in [3.8, 4) is 11.5 Å². The molecule has 1 aliphatic rings. The maximum absolute atomic E-state index is 6.43. The van der Waals surface area contributed by atoms with E-state index in [0.29, 0.717) is 29.9 Å². The van der Waals surface area contributed by atoms with Gasteiger partial charge in [-0.2, -0.15) is 4.98 Å². The van der Waals surface area contributed by atoms with E-state index in [2.05, 4.69) is 21.5 Å². The number of nitrogens with zero attached hydrogens (tertiary/aromatic N) is 4. The SMILES string of the molecule is C=Cc1nc(N)nc2c1ncn2[C@H]1C[C@H](Oc2ccc(C)cc2)[C@@H](COc2ccc(C)cc2)O1. The molecular formula is C26H27N5O3. The van der Waals surface area contributed by atoms with Crippen LogP contribution in [0, 0.1) is 13.8 Å². The highest BCUT2D eigenvalue weighted by Gasteiger charge is 2.39. The van der Waals surface area contributed by atoms with Crippen LogP contribution in [-0.4, -0.2) is 38.3 Å². The largest absolute Gasteiger partial charge is 0.491 e. The second-order valence-electron chi connectivity index (χ2n) is 8.45. The zero-order valence-corrected chi connectivity index (χ0v) is 19.2. The fourth-order valence-corrected chi connectivity index (χ4v) is 4.06. The van der Waals surface area contributed by atoms with E-state index in [4.69, 9.17) is 19.9 Å². The van der Waals surface area contributed by atoms with Crippen molar-refractivity contribution in [2.75, 3.05) is 12.3 Å². The molecule has 1 aliphatic heterocycles. The first-order chi connectivity index (χ1) is 16.5. The standard InChI is InChI=1S/C26H27N5O3/c1-4-20-24-25(30-26(27)29-20)31(15-28-24)23-13-21(33-19-11-7-17(3)8-12-19)22(34-23)14-32-18-9-5-16(2)6-10-18/h4-12,15,21-23H,1,13-14H2,2-3H3,(H2,27,29,30)/t21-,22+,23+/m0/s1. The minimum absolute atomic E-state index is 0.161. The van der Waals surface area contributed by atoms with Crippen LogP contribution in [0.25, 0.3) is 17.2 Å². The number of aromatic nitrogens is 4. The Morgan fingerprint density at radius 1 is 1.06 bits per heavy atom. The first-order valence-electron chi connectivity index (χ1n) is 11.2. The Bertz CT molecular complexity index is 1300. The Morgan fingerprint density at radius 3 is 2.41 bits per heavy atom. The molecule has 0 amide bonds. The van der Waals surface area contributed by atoms with E-state index in [1.54, 1.807) is 12.4 Å². The van der Waals surface area contributed by atoms with Gasteiger partial charge in [-0.25, -0.2) is 9.97 Å². The van der Waals surface area contributed by atoms with Gasteiger partial charge in [0.2, 0.25) is 5.95 Å². The fourth-order valence-electron chi connectivity index (χ4n) is 4.06. The van der Waals surface area contributed by atoms with Crippen LogP contribution in [0.2, 0.25) is 0 Å². The Kier molecular flexibility index (Phi) is 5.90. The summed E-state index contributed by atoms with van der Waals surface area (Å²) in [7, 11) is 0. The molecule has 4 aromatic rings. The predicted octanol–water partition coefficient (Wildman–Crippen LogP) is 4.48. The third-order valence-electron chi connectivity index (χ3n) is 5.89. The molecule has 0 saturated carbocycles. The summed E-state index contributed by atoms with van der Waals surface area (Å²) in [6, 6.07) is 15.9. The molecule has 5 rings (SSSR count). The van der Waals surface area contributed by atoms with Gasteiger partial charge in [0.05, 0.1) is 12.0 Å². The summed E-state index contributed by atoms with van der Waals surface area (Å²) in [5.74, 6) is 1.74. The van der Waals surface area contributed by atoms with Crippen molar-refractivity contribution in [2.24, 2.45) is 0 Å². The summed E-state index contributed by atoms with van der Waals surface area (Å²) in [6.07, 6.45) is 3.03. The number of nitrogens with two attached hydrogens (primary N) is 1. The van der Waals surface area contributed by atoms with E-state index in [9.17, 15) is 0 Å². The van der Waals surface area contributed by atoms with Gasteiger partial charge in [-0.15, -0.1) is 0 Å². The Labute approximate surface area is 198 Å². The molecule has 1 saturated heterocycles. The van der Waals surface area contributed by atoms with Gasteiger partial charge in [0.15, 0.2) is 5.65 Å². The van der Waals surface area contributed by atoms with Crippen molar-refractivity contribution < 1.29 is 14.2 Å². The van der Waals surface area contributed by atoms with Crippen molar-refractivity contribution in [3.63, 3.8) is 0 Å². The van der Waals surface area contributed by atoms with Gasteiger partial charge in [-0.1, -0.05) is 42.0 Å². The number of hydrogen-bond acceptors (Lipinski definition) is 7. The summed E-state index contributed by atoms with van der Waals surface area (Å²) in [4.78, 5) is 13.1. The maximum Gasteiger partial charge on any atom is 0.222 e. The molecule has 0 bridgehead atoms. The van der Waals surface area contributed by atoms with E-state index in [1.807, 2.05) is 66.9 Å². The molecule has 3 heterocycles. The number of ether oxygens (including phenoxy) is 3. The average Bonchev–Trinajstić information content (AvgIpc) is 3.43. The minimum atomic E-state index is -0.348. The Morgan fingerprint density at radius 2 is 1.74 bits per heavy atom. The van der Waals surface area contributed by atoms with Gasteiger partial charge in [0.25, 0.3) is 0 Å². The molecule has 2 N–H and O–H groups in total. The third kappa shape index (κ3) is 4.45. The van der Waals surface area contributed by atoms with E-state index in [1.165, 1.54) is 11.1 Å². The van der Waals surface area contributed by atoms with Gasteiger partial charge in [-0.05, 0) is 44.2 Å². The molecule has 34 heavy (non-hydrogen) atoms. The lowest BCUT2D eigenvalue weighted by atomic mass is 10.1. The lowest BCUT2D eigenvalue weighted by molar-refractivity contribution is -0.0341. The number of rotatable bonds is 7. The van der Waals surface area contributed by atoms with Crippen LogP contribution in [0.3, 0.4) is 0 Å². The highest BCUT2D eigenvalue weighted by Crippen LogP contribution is 2.34. The number of hydrogen-bond donors (Lipinski definition) is 1. The second-order valence-corrected chi connectivity index (χ2v) is 8.45. The molecule has 0 unspecified atom stereocenters. The molecule has 8 heteroatoms. The second kappa shape index (κ2) is 9.15. The van der Waals surface area contributed by atoms with Gasteiger partial charge in [-0.3, -0.25) is 4.57 Å². The highest BCUT2D eigenvalue weighted by atomic mass is 16.6. The van der Waals surface area contributed by atoms with E-state index < -0.39 is 0 Å². The van der Waals surface area contributed by atoms with Gasteiger partial charge < -0.3 is 19.9 Å². The van der Waals surface area contributed by atoms with E-state index in [0.717, 1.165) is 11.5 Å². The molecule has 3 atom stereocenters. The Hall–Kier alpha value is -3.91. The van der Waals surface area contributed by atoms with Crippen molar-refractivity contribution in [3.05, 3.63) is 78.3 Å². The van der Waals surface area contributed by atoms with E-state index >= 15 is 0 Å². The van der Waals surface area contributed by atoms with Crippen molar-refractivity contribution >= 4 is 23.2 Å². The number of aryl methyl sites for hydroxylation is 2. The van der Waals surface area contributed by atoms with Gasteiger partial charge >= 0.3 is 0 Å². The predicted molar refractivity (Wildman–Crippen MR) is 131 cm³/mol. The first-order valence-corrected chi connectivity index (χ1v) is 11.2. The third-order valence-corrected chi connectivity index (χ3v) is 5.89. The molecule has 0 spiro atoms. The molecule has 174 valence electrons. The quantitative estimate of drug-likeness (QED) is 0.437. The van der Waals surface area contributed by atoms with Gasteiger partial charge in [0, 0.05) is 6.42 Å². The van der Waals surface area contributed by atoms with Gasteiger partial charge in [0.1, 0.15) is 42.1 Å². The smallest absolute Gasteiger partial charge is 0.222 e. The van der Waals surface area contributed by atoms with Crippen molar-refractivity contribution in [1.29, 1.82) is 0 Å². The zero-order valence-electron chi connectivity index (χ0n) is 19.2. The molecular weight excluding hydrogens is 430 g/mol. The Balaban J connectivity index is 1.41. The van der Waals surface area contributed by atoms with Crippen LogP contribution >= 0.6 is 0 Å². The first kappa shape index (κ1) is 21.9. The molecule has 0 aliphatic carbocycles. The number of nitrogen functional groups attached to an aromatic ring is 1. The minimum Gasteiger partial charge on any atom is -0.491 e. The average molecular weight is 458 g/mol. The van der Waals surface area contributed by atoms with Crippen LogP contribution in [0.1, 0.15) is 29.5 Å². The van der Waals surface area contributed by atoms with Crippen LogP contribution in [0.15, 0.2) is 61.4 Å². The highest BCUT2D eigenvalue weighted by molar-refractivity contribution is 5.80. The molecule has 2 aromatic heterocycles. The van der Waals surface area contributed by atoms with Crippen molar-refractivity contribution in [1.82, 2.24) is 19.5 Å². The van der Waals surface area contributed by atoms with Crippen molar-refractivity contribution in [2.45, 2.75) is 38.7 Å². The number of benzene rings is 2. The lowest BCUT2D eigenvalue weighted by Crippen LogP contribution is -2.32. The lowest BCUT2D eigenvalue weighted by Gasteiger charge is -2.20. The zero-order chi connectivity index (χ0) is 23.7. The summed E-state index contributed by atoms with van der Waals surface area (Å²) >= 11 is 0. The summed E-state index contributed by atoms with van der Waals surface area (Å²) in [5, 5.41) is 0. The molecule has 0 radical (unpaired) electrons. The normalized spacial score (nSPS) is 19.9. The van der Waals surface area contributed by atoms with Crippen LogP contribution in [0.4, 0.5) is 5.95 Å². The van der Waals surface area contributed by atoms with Crippen LogP contribution < -0.4 is 15.2 Å².